The van der Waals surface area contributed by atoms with Gasteiger partial charge in [0.05, 0.1) is 17.2 Å². The van der Waals surface area contributed by atoms with E-state index >= 15 is 0 Å². The number of ether oxygens (including phenoxy) is 1. The number of H-pyrrole nitrogens is 1. The summed E-state index contributed by atoms with van der Waals surface area (Å²) in [5.41, 5.74) is 2.09. The molecule has 6 nitrogen and oxygen atoms in total. The van der Waals surface area contributed by atoms with Gasteiger partial charge in [-0.2, -0.15) is 0 Å². The third kappa shape index (κ3) is 4.91. The number of aromatic nitrogens is 1. The lowest BCUT2D eigenvalue weighted by Gasteiger charge is -2.24. The van der Waals surface area contributed by atoms with Gasteiger partial charge >= 0.3 is 5.97 Å². The van der Waals surface area contributed by atoms with E-state index < -0.39 is 22.5 Å². The van der Waals surface area contributed by atoms with Crippen LogP contribution in [0.25, 0.3) is 10.9 Å². The Hall–Kier alpha value is -2.22. The molecule has 0 aliphatic heterocycles. The fourth-order valence-corrected chi connectivity index (χ4v) is 5.22. The molecule has 0 amide bonds. The Bertz CT molecular complexity index is 1150. The number of unbranched alkanes of at least 4 members (excludes halogenated alkanes) is 1. The summed E-state index contributed by atoms with van der Waals surface area (Å²) in [6, 6.07) is 9.32. The summed E-state index contributed by atoms with van der Waals surface area (Å²) in [6.07, 6.45) is 3.34. The summed E-state index contributed by atoms with van der Waals surface area (Å²) in [5, 5.41) is 1.20. The molecule has 160 valence electrons. The van der Waals surface area contributed by atoms with Crippen molar-refractivity contribution in [3.63, 3.8) is 0 Å². The SMILES string of the molecule is CCCCOC(=O)CN(c1cc(C)c2[nH]ccc2c1)S(=O)(=O)c1cc(Cl)cc(Cl)c1. The van der Waals surface area contributed by atoms with E-state index in [0.717, 1.165) is 27.2 Å². The Morgan fingerprint density at radius 3 is 2.50 bits per heavy atom. The highest BCUT2D eigenvalue weighted by Gasteiger charge is 2.29. The van der Waals surface area contributed by atoms with Crippen LogP contribution in [0.5, 0.6) is 0 Å². The largest absolute Gasteiger partial charge is 0.464 e. The molecule has 0 aliphatic rings. The molecule has 0 bridgehead atoms. The van der Waals surface area contributed by atoms with Gasteiger partial charge in [0.2, 0.25) is 0 Å². The van der Waals surface area contributed by atoms with Crippen LogP contribution in [-0.4, -0.2) is 32.5 Å². The number of sulfonamides is 1. The molecule has 1 N–H and O–H groups in total. The van der Waals surface area contributed by atoms with Gasteiger partial charge < -0.3 is 9.72 Å². The normalized spacial score (nSPS) is 11.6. The predicted octanol–water partition coefficient (Wildman–Crippen LogP) is 5.32. The maximum atomic E-state index is 13.5. The standard InChI is InChI=1S/C21H22Cl2N2O4S/c1-3-4-7-29-20(26)13-25(18-8-14(2)21-15(9-18)5-6-24-21)30(27,28)19-11-16(22)10-17(23)12-19/h5-6,8-12,24H,3-4,7,13H2,1-2H3. The van der Waals surface area contributed by atoms with Crippen LogP contribution in [0.2, 0.25) is 10.0 Å². The Morgan fingerprint density at radius 1 is 1.13 bits per heavy atom. The van der Waals surface area contributed by atoms with E-state index in [2.05, 4.69) is 4.98 Å². The summed E-state index contributed by atoms with van der Waals surface area (Å²) in [5.74, 6) is -0.632. The van der Waals surface area contributed by atoms with E-state index in [9.17, 15) is 13.2 Å². The monoisotopic (exact) mass is 468 g/mol. The van der Waals surface area contributed by atoms with Gasteiger partial charge in [0, 0.05) is 27.1 Å². The van der Waals surface area contributed by atoms with Gasteiger partial charge in [0.15, 0.2) is 0 Å². The van der Waals surface area contributed by atoms with Crippen LogP contribution in [0.15, 0.2) is 47.5 Å². The topological polar surface area (TPSA) is 79.5 Å². The number of hydrogen-bond donors (Lipinski definition) is 1. The van der Waals surface area contributed by atoms with E-state index in [1.165, 1.54) is 18.2 Å². The smallest absolute Gasteiger partial charge is 0.326 e. The van der Waals surface area contributed by atoms with Crippen LogP contribution >= 0.6 is 23.2 Å². The zero-order chi connectivity index (χ0) is 21.9. The first kappa shape index (κ1) is 22.5. The second-order valence-corrected chi connectivity index (χ2v) is 9.63. The van der Waals surface area contributed by atoms with Crippen LogP contribution in [-0.2, 0) is 19.6 Å². The van der Waals surface area contributed by atoms with Gasteiger partial charge in [-0.25, -0.2) is 8.42 Å². The van der Waals surface area contributed by atoms with Crippen molar-refractivity contribution in [1.82, 2.24) is 4.98 Å². The second kappa shape index (κ2) is 9.29. The van der Waals surface area contributed by atoms with Gasteiger partial charge in [0.1, 0.15) is 6.54 Å². The van der Waals surface area contributed by atoms with Crippen LogP contribution in [0.1, 0.15) is 25.3 Å². The first-order valence-corrected chi connectivity index (χ1v) is 11.6. The fourth-order valence-electron chi connectivity index (χ4n) is 3.10. The van der Waals surface area contributed by atoms with Gasteiger partial charge in [0.25, 0.3) is 10.0 Å². The molecular weight excluding hydrogens is 447 g/mol. The minimum Gasteiger partial charge on any atom is -0.464 e. The minimum atomic E-state index is -4.14. The molecule has 3 rings (SSSR count). The van der Waals surface area contributed by atoms with Gasteiger partial charge in [-0.15, -0.1) is 0 Å². The Kier molecular flexibility index (Phi) is 6.95. The predicted molar refractivity (Wildman–Crippen MR) is 120 cm³/mol. The molecule has 0 fully saturated rings. The number of fused-ring (bicyclic) bond motifs is 1. The maximum absolute atomic E-state index is 13.5. The molecule has 0 unspecified atom stereocenters. The van der Waals surface area contributed by atoms with Crippen molar-refractivity contribution in [2.75, 3.05) is 17.5 Å². The lowest BCUT2D eigenvalue weighted by molar-refractivity contribution is -0.141. The first-order chi connectivity index (χ1) is 14.2. The number of anilines is 1. The zero-order valence-electron chi connectivity index (χ0n) is 16.6. The molecule has 3 aromatic rings. The Labute approximate surface area is 185 Å². The Morgan fingerprint density at radius 2 is 1.83 bits per heavy atom. The van der Waals surface area contributed by atoms with E-state index in [0.29, 0.717) is 12.1 Å². The van der Waals surface area contributed by atoms with Gasteiger partial charge in [-0.3, -0.25) is 9.10 Å². The lowest BCUT2D eigenvalue weighted by Crippen LogP contribution is -2.36. The van der Waals surface area contributed by atoms with E-state index in [1.54, 1.807) is 18.3 Å². The summed E-state index contributed by atoms with van der Waals surface area (Å²) in [6.45, 7) is 3.61. The average Bonchev–Trinajstić information content (AvgIpc) is 3.14. The van der Waals surface area contributed by atoms with Crippen LogP contribution in [0.3, 0.4) is 0 Å². The third-order valence-corrected chi connectivity index (χ3v) is 6.78. The molecule has 30 heavy (non-hydrogen) atoms. The quantitative estimate of drug-likeness (QED) is 0.358. The van der Waals surface area contributed by atoms with Crippen molar-refractivity contribution < 1.29 is 17.9 Å². The molecule has 0 spiro atoms. The molecule has 0 atom stereocenters. The number of carbonyl (C=O) groups excluding carboxylic acids is 1. The molecule has 1 heterocycles. The first-order valence-electron chi connectivity index (χ1n) is 9.44. The highest BCUT2D eigenvalue weighted by molar-refractivity contribution is 7.92. The van der Waals surface area contributed by atoms with Gasteiger partial charge in [-0.05, 0) is 55.3 Å². The summed E-state index contributed by atoms with van der Waals surface area (Å²) < 4.78 is 33.2. The van der Waals surface area contributed by atoms with Gasteiger partial charge in [-0.1, -0.05) is 36.5 Å². The number of benzene rings is 2. The molecular formula is C21H22Cl2N2O4S. The van der Waals surface area contributed by atoms with Crippen molar-refractivity contribution in [2.45, 2.75) is 31.6 Å². The highest BCUT2D eigenvalue weighted by Crippen LogP contribution is 2.31. The van der Waals surface area contributed by atoms with Crippen LogP contribution in [0.4, 0.5) is 5.69 Å². The lowest BCUT2D eigenvalue weighted by atomic mass is 10.1. The molecule has 9 heteroatoms. The molecule has 2 aromatic carbocycles. The summed E-state index contributed by atoms with van der Waals surface area (Å²) >= 11 is 12.0. The van der Waals surface area contributed by atoms with Crippen molar-refractivity contribution in [3.05, 3.63) is 58.2 Å². The molecule has 0 radical (unpaired) electrons. The molecule has 0 aliphatic carbocycles. The van der Waals surface area contributed by atoms with Crippen molar-refractivity contribution >= 4 is 55.8 Å². The molecule has 0 saturated carbocycles. The number of aryl methyl sites for hydroxylation is 1. The number of hydrogen-bond acceptors (Lipinski definition) is 4. The average molecular weight is 469 g/mol. The minimum absolute atomic E-state index is 0.104. The number of nitrogens with zero attached hydrogens (tertiary/aromatic N) is 1. The number of rotatable bonds is 8. The maximum Gasteiger partial charge on any atom is 0.326 e. The third-order valence-electron chi connectivity index (χ3n) is 4.59. The second-order valence-electron chi connectivity index (χ2n) is 6.90. The van der Waals surface area contributed by atoms with Crippen LogP contribution < -0.4 is 4.31 Å². The summed E-state index contributed by atoms with van der Waals surface area (Å²) in [4.78, 5) is 15.4. The van der Waals surface area contributed by atoms with Crippen molar-refractivity contribution in [3.8, 4) is 0 Å². The van der Waals surface area contributed by atoms with Crippen molar-refractivity contribution in [2.24, 2.45) is 0 Å². The number of nitrogens with one attached hydrogen (secondary N) is 1. The number of halogens is 2. The van der Waals surface area contributed by atoms with E-state index in [-0.39, 0.29) is 21.5 Å². The highest BCUT2D eigenvalue weighted by atomic mass is 35.5. The number of esters is 1. The summed E-state index contributed by atoms with van der Waals surface area (Å²) in [7, 11) is -4.14. The fraction of sp³-hybridized carbons (Fsp3) is 0.286. The van der Waals surface area contributed by atoms with E-state index in [1.807, 2.05) is 19.9 Å². The zero-order valence-corrected chi connectivity index (χ0v) is 18.9. The van der Waals surface area contributed by atoms with Crippen LogP contribution in [0, 0.1) is 6.92 Å². The molecule has 0 saturated heterocycles. The number of carbonyl (C=O) groups is 1. The van der Waals surface area contributed by atoms with E-state index in [4.69, 9.17) is 27.9 Å². The van der Waals surface area contributed by atoms with Crippen molar-refractivity contribution in [1.29, 1.82) is 0 Å². The Balaban J connectivity index is 2.07. The number of aromatic amines is 1. The molecule has 1 aromatic heterocycles.